The first kappa shape index (κ1) is 22.2. The van der Waals surface area contributed by atoms with Crippen molar-refractivity contribution in [3.05, 3.63) is 89.0 Å². The molecule has 0 fully saturated rings. The van der Waals surface area contributed by atoms with Crippen molar-refractivity contribution >= 4 is 40.5 Å². The fourth-order valence-corrected chi connectivity index (χ4v) is 2.92. The number of nitro groups is 1. The van der Waals surface area contributed by atoms with Crippen molar-refractivity contribution in [1.82, 2.24) is 0 Å². The van der Waals surface area contributed by atoms with Gasteiger partial charge in [-0.15, -0.1) is 0 Å². The largest absolute Gasteiger partial charge is 0.395 e. The van der Waals surface area contributed by atoms with Gasteiger partial charge in [0.15, 0.2) is 0 Å². The number of non-ortho nitro benzene ring substituents is 1. The van der Waals surface area contributed by atoms with Crippen LogP contribution in [-0.4, -0.2) is 35.2 Å². The maximum atomic E-state index is 12.9. The average Bonchev–Trinajstić information content (AvgIpc) is 2.79. The maximum absolute atomic E-state index is 12.9. The van der Waals surface area contributed by atoms with E-state index in [1.54, 1.807) is 60.7 Å². The molecule has 0 bridgehead atoms. The molecule has 0 aromatic heterocycles. The summed E-state index contributed by atoms with van der Waals surface area (Å²) in [6, 6.07) is 19.8. The molecular weight excluding hydrogens is 414 g/mol. The standard InChI is InChI=1S/C22H21N5O5/c28-14-13-26(22(30)24-17-9-5-2-6-10-17)20-12-11-18(27(31)32)15-19(20)25-21(29)23-16-7-3-1-4-8-16/h1-12,15,28H,13-14H2,(H,24,30)(H2,23,25,29). The van der Waals surface area contributed by atoms with Crippen LogP contribution >= 0.6 is 0 Å². The van der Waals surface area contributed by atoms with Crippen molar-refractivity contribution in [2.45, 2.75) is 0 Å². The molecule has 0 aliphatic heterocycles. The number of nitrogens with zero attached hydrogens (tertiary/aromatic N) is 2. The number of aliphatic hydroxyl groups is 1. The number of hydrogen-bond donors (Lipinski definition) is 4. The van der Waals surface area contributed by atoms with Gasteiger partial charge in [-0.2, -0.15) is 0 Å². The zero-order valence-corrected chi connectivity index (χ0v) is 16.9. The van der Waals surface area contributed by atoms with Crippen LogP contribution in [0.2, 0.25) is 0 Å². The molecule has 0 unspecified atom stereocenters. The van der Waals surface area contributed by atoms with E-state index in [-0.39, 0.29) is 30.2 Å². The Balaban J connectivity index is 1.90. The highest BCUT2D eigenvalue weighted by molar-refractivity contribution is 6.07. The molecule has 32 heavy (non-hydrogen) atoms. The lowest BCUT2D eigenvalue weighted by Gasteiger charge is -2.25. The Bertz CT molecular complexity index is 1090. The summed E-state index contributed by atoms with van der Waals surface area (Å²) in [5, 5.41) is 28.6. The number of anilines is 4. The van der Waals surface area contributed by atoms with Crippen LogP contribution in [-0.2, 0) is 0 Å². The van der Waals surface area contributed by atoms with E-state index in [0.29, 0.717) is 11.4 Å². The molecule has 4 N–H and O–H groups in total. The van der Waals surface area contributed by atoms with E-state index < -0.39 is 17.0 Å². The SMILES string of the molecule is O=C(Nc1ccccc1)Nc1cc([N+](=O)[O-])ccc1N(CCO)C(=O)Nc1ccccc1. The fraction of sp³-hybridized carbons (Fsp3) is 0.0909. The summed E-state index contributed by atoms with van der Waals surface area (Å²) in [4.78, 5) is 37.2. The molecule has 0 saturated heterocycles. The van der Waals surface area contributed by atoms with Gasteiger partial charge >= 0.3 is 12.1 Å². The van der Waals surface area contributed by atoms with Gasteiger partial charge in [-0.3, -0.25) is 15.0 Å². The van der Waals surface area contributed by atoms with Crippen LogP contribution in [0, 0.1) is 10.1 Å². The van der Waals surface area contributed by atoms with E-state index in [4.69, 9.17) is 0 Å². The molecule has 3 aromatic rings. The monoisotopic (exact) mass is 435 g/mol. The predicted molar refractivity (Wildman–Crippen MR) is 122 cm³/mol. The lowest BCUT2D eigenvalue weighted by atomic mass is 10.2. The molecule has 0 heterocycles. The number of carbonyl (C=O) groups excluding carboxylic acids is 2. The summed E-state index contributed by atoms with van der Waals surface area (Å²) < 4.78 is 0. The first-order valence-corrected chi connectivity index (χ1v) is 9.64. The predicted octanol–water partition coefficient (Wildman–Crippen LogP) is 4.27. The van der Waals surface area contributed by atoms with Crippen molar-refractivity contribution in [2.75, 3.05) is 34.0 Å². The Morgan fingerprint density at radius 3 is 2.03 bits per heavy atom. The molecule has 0 aliphatic rings. The smallest absolute Gasteiger partial charge is 0.326 e. The van der Waals surface area contributed by atoms with E-state index in [1.165, 1.54) is 17.0 Å². The number of para-hydroxylation sites is 2. The Labute approximate surface area is 183 Å². The summed E-state index contributed by atoms with van der Waals surface area (Å²) in [5.41, 5.74) is 0.992. The lowest BCUT2D eigenvalue weighted by molar-refractivity contribution is -0.384. The summed E-state index contributed by atoms with van der Waals surface area (Å²) in [6.45, 7) is -0.472. The number of aliphatic hydroxyl groups excluding tert-OH is 1. The molecule has 0 aliphatic carbocycles. The number of amides is 4. The molecule has 10 nitrogen and oxygen atoms in total. The summed E-state index contributed by atoms with van der Waals surface area (Å²) in [5.74, 6) is 0. The molecule has 10 heteroatoms. The molecule has 0 saturated carbocycles. The minimum absolute atomic E-state index is 0.0318. The van der Waals surface area contributed by atoms with Crippen molar-refractivity contribution in [2.24, 2.45) is 0 Å². The maximum Gasteiger partial charge on any atom is 0.326 e. The normalized spacial score (nSPS) is 10.2. The Morgan fingerprint density at radius 2 is 1.47 bits per heavy atom. The quantitative estimate of drug-likeness (QED) is 0.324. The topological polar surface area (TPSA) is 137 Å². The molecule has 0 atom stereocenters. The van der Waals surface area contributed by atoms with Crippen LogP contribution in [0.3, 0.4) is 0 Å². The second kappa shape index (κ2) is 10.5. The van der Waals surface area contributed by atoms with Gasteiger partial charge in [-0.25, -0.2) is 9.59 Å². The lowest BCUT2D eigenvalue weighted by Crippen LogP contribution is -2.38. The van der Waals surface area contributed by atoms with E-state index in [9.17, 15) is 24.8 Å². The van der Waals surface area contributed by atoms with E-state index in [2.05, 4.69) is 16.0 Å². The molecule has 0 spiro atoms. The highest BCUT2D eigenvalue weighted by atomic mass is 16.6. The van der Waals surface area contributed by atoms with Gasteiger partial charge in [0.2, 0.25) is 0 Å². The first-order valence-electron chi connectivity index (χ1n) is 9.64. The van der Waals surface area contributed by atoms with Crippen LogP contribution in [0.4, 0.5) is 38.0 Å². The third-order valence-electron chi connectivity index (χ3n) is 4.36. The molecule has 0 radical (unpaired) electrons. The zero-order chi connectivity index (χ0) is 22.9. The van der Waals surface area contributed by atoms with Crippen LogP contribution in [0.15, 0.2) is 78.9 Å². The number of rotatable bonds is 7. The third kappa shape index (κ3) is 5.80. The van der Waals surface area contributed by atoms with E-state index >= 15 is 0 Å². The van der Waals surface area contributed by atoms with Gasteiger partial charge in [0, 0.05) is 23.5 Å². The van der Waals surface area contributed by atoms with Gasteiger partial charge in [-0.05, 0) is 30.3 Å². The van der Waals surface area contributed by atoms with Crippen LogP contribution < -0.4 is 20.9 Å². The summed E-state index contributed by atoms with van der Waals surface area (Å²) in [6.07, 6.45) is 0. The Hall–Kier alpha value is -4.44. The van der Waals surface area contributed by atoms with E-state index in [1.807, 2.05) is 0 Å². The van der Waals surface area contributed by atoms with Crippen LogP contribution in [0.1, 0.15) is 0 Å². The van der Waals surface area contributed by atoms with Gasteiger partial charge in [0.25, 0.3) is 5.69 Å². The fourth-order valence-electron chi connectivity index (χ4n) is 2.92. The van der Waals surface area contributed by atoms with Gasteiger partial charge in [0.1, 0.15) is 0 Å². The average molecular weight is 435 g/mol. The number of benzene rings is 3. The van der Waals surface area contributed by atoms with Crippen molar-refractivity contribution in [3.63, 3.8) is 0 Å². The van der Waals surface area contributed by atoms with Crippen molar-refractivity contribution in [1.29, 1.82) is 0 Å². The number of carbonyl (C=O) groups is 2. The molecule has 164 valence electrons. The van der Waals surface area contributed by atoms with Crippen LogP contribution in [0.25, 0.3) is 0 Å². The minimum Gasteiger partial charge on any atom is -0.395 e. The van der Waals surface area contributed by atoms with E-state index in [0.717, 1.165) is 6.07 Å². The molecule has 3 rings (SSSR count). The number of urea groups is 2. The molecular formula is C22H21N5O5. The number of nitrogens with one attached hydrogen (secondary N) is 3. The van der Waals surface area contributed by atoms with Crippen LogP contribution in [0.5, 0.6) is 0 Å². The van der Waals surface area contributed by atoms with Gasteiger partial charge in [-0.1, -0.05) is 36.4 Å². The van der Waals surface area contributed by atoms with Crippen molar-refractivity contribution < 1.29 is 19.6 Å². The van der Waals surface area contributed by atoms with Gasteiger partial charge in [0.05, 0.1) is 29.4 Å². The zero-order valence-electron chi connectivity index (χ0n) is 16.9. The first-order chi connectivity index (χ1) is 15.5. The molecule has 3 aromatic carbocycles. The minimum atomic E-state index is -0.648. The third-order valence-corrected chi connectivity index (χ3v) is 4.36. The summed E-state index contributed by atoms with van der Waals surface area (Å²) in [7, 11) is 0. The van der Waals surface area contributed by atoms with Gasteiger partial charge < -0.3 is 21.1 Å². The second-order valence-electron chi connectivity index (χ2n) is 6.58. The Kier molecular flexibility index (Phi) is 7.33. The highest BCUT2D eigenvalue weighted by Gasteiger charge is 2.22. The Morgan fingerprint density at radius 1 is 0.875 bits per heavy atom. The summed E-state index contributed by atoms with van der Waals surface area (Å²) >= 11 is 0. The number of nitro benzene ring substituents is 1. The highest BCUT2D eigenvalue weighted by Crippen LogP contribution is 2.31. The second-order valence-corrected chi connectivity index (χ2v) is 6.58. The molecule has 4 amide bonds. The number of hydrogen-bond acceptors (Lipinski definition) is 5. The van der Waals surface area contributed by atoms with Crippen molar-refractivity contribution in [3.8, 4) is 0 Å².